The molecule has 0 bridgehead atoms. The van der Waals surface area contributed by atoms with Crippen molar-refractivity contribution in [2.75, 3.05) is 13.1 Å². The Hall–Kier alpha value is -1.35. The molecule has 1 aromatic rings. The summed E-state index contributed by atoms with van der Waals surface area (Å²) in [7, 11) is 0. The zero-order chi connectivity index (χ0) is 14.0. The summed E-state index contributed by atoms with van der Waals surface area (Å²) in [4.78, 5) is 14.1. The first-order valence-corrected chi connectivity index (χ1v) is 7.08. The molecule has 0 radical (unpaired) electrons. The van der Waals surface area contributed by atoms with Crippen LogP contribution in [0.3, 0.4) is 0 Å². The van der Waals surface area contributed by atoms with Gasteiger partial charge in [0, 0.05) is 31.0 Å². The van der Waals surface area contributed by atoms with Crippen molar-refractivity contribution in [3.05, 3.63) is 35.4 Å². The first-order chi connectivity index (χ1) is 8.97. The molecule has 0 spiro atoms. The van der Waals surface area contributed by atoms with Crippen LogP contribution in [0.2, 0.25) is 0 Å². The third-order valence-electron chi connectivity index (χ3n) is 3.84. The molecule has 104 valence electrons. The Morgan fingerprint density at radius 2 is 1.89 bits per heavy atom. The standard InChI is InChI=1S/C16H24N2O/c1-11(2)16(19)18-9-14(8-15(17)10-18)13-6-4-12(3)5-7-13/h4-7,11,14-15H,8-10,17H2,1-3H3. The SMILES string of the molecule is Cc1ccc(C2CC(N)CN(C(=O)C(C)C)C2)cc1. The van der Waals surface area contributed by atoms with Crippen LogP contribution in [0.1, 0.15) is 37.3 Å². The van der Waals surface area contributed by atoms with Gasteiger partial charge < -0.3 is 10.6 Å². The zero-order valence-corrected chi connectivity index (χ0v) is 12.1. The number of likely N-dealkylation sites (tertiary alicyclic amines) is 1. The Morgan fingerprint density at radius 3 is 2.47 bits per heavy atom. The number of hydrogen-bond acceptors (Lipinski definition) is 2. The molecule has 1 aliphatic rings. The summed E-state index contributed by atoms with van der Waals surface area (Å²) in [6, 6.07) is 8.67. The van der Waals surface area contributed by atoms with Gasteiger partial charge in [-0.05, 0) is 18.9 Å². The predicted molar refractivity (Wildman–Crippen MR) is 77.9 cm³/mol. The molecule has 2 N–H and O–H groups in total. The summed E-state index contributed by atoms with van der Waals surface area (Å²) >= 11 is 0. The molecule has 1 aromatic carbocycles. The Morgan fingerprint density at radius 1 is 1.26 bits per heavy atom. The van der Waals surface area contributed by atoms with Crippen LogP contribution < -0.4 is 5.73 Å². The second-order valence-electron chi connectivity index (χ2n) is 6.00. The molecule has 1 aliphatic heterocycles. The minimum absolute atomic E-state index is 0.0453. The number of carbonyl (C=O) groups is 1. The second-order valence-corrected chi connectivity index (χ2v) is 6.00. The lowest BCUT2D eigenvalue weighted by molar-refractivity contribution is -0.136. The van der Waals surface area contributed by atoms with E-state index in [0.29, 0.717) is 12.5 Å². The maximum absolute atomic E-state index is 12.1. The zero-order valence-electron chi connectivity index (χ0n) is 12.1. The van der Waals surface area contributed by atoms with Crippen LogP contribution in [-0.4, -0.2) is 29.9 Å². The summed E-state index contributed by atoms with van der Waals surface area (Å²) in [5.74, 6) is 0.628. The Bertz CT molecular complexity index is 439. The van der Waals surface area contributed by atoms with Crippen molar-refractivity contribution in [1.29, 1.82) is 0 Å². The van der Waals surface area contributed by atoms with E-state index in [0.717, 1.165) is 13.0 Å². The van der Waals surface area contributed by atoms with E-state index in [-0.39, 0.29) is 17.9 Å². The number of nitrogens with zero attached hydrogens (tertiary/aromatic N) is 1. The molecular formula is C16H24N2O. The maximum atomic E-state index is 12.1. The number of aryl methyl sites for hydroxylation is 1. The van der Waals surface area contributed by atoms with Crippen LogP contribution >= 0.6 is 0 Å². The fourth-order valence-corrected chi connectivity index (χ4v) is 2.76. The largest absolute Gasteiger partial charge is 0.340 e. The van der Waals surface area contributed by atoms with E-state index >= 15 is 0 Å². The van der Waals surface area contributed by atoms with Gasteiger partial charge in [0.2, 0.25) is 5.91 Å². The van der Waals surface area contributed by atoms with E-state index in [9.17, 15) is 4.79 Å². The summed E-state index contributed by atoms with van der Waals surface area (Å²) in [6.45, 7) is 7.48. The molecule has 3 nitrogen and oxygen atoms in total. The molecule has 1 heterocycles. The van der Waals surface area contributed by atoms with E-state index in [1.807, 2.05) is 18.7 Å². The second kappa shape index (κ2) is 5.74. The average Bonchev–Trinajstić information content (AvgIpc) is 2.37. The van der Waals surface area contributed by atoms with E-state index in [4.69, 9.17) is 5.73 Å². The lowest BCUT2D eigenvalue weighted by Gasteiger charge is -2.37. The summed E-state index contributed by atoms with van der Waals surface area (Å²) in [5, 5.41) is 0. The van der Waals surface area contributed by atoms with Crippen molar-refractivity contribution in [2.45, 2.75) is 39.2 Å². The molecular weight excluding hydrogens is 236 g/mol. The summed E-state index contributed by atoms with van der Waals surface area (Å²) < 4.78 is 0. The van der Waals surface area contributed by atoms with E-state index in [1.54, 1.807) is 0 Å². The first-order valence-electron chi connectivity index (χ1n) is 7.08. The monoisotopic (exact) mass is 260 g/mol. The van der Waals surface area contributed by atoms with Gasteiger partial charge in [0.25, 0.3) is 0 Å². The minimum atomic E-state index is 0.0453. The van der Waals surface area contributed by atoms with Crippen molar-refractivity contribution in [3.8, 4) is 0 Å². The molecule has 3 heteroatoms. The number of hydrogen-bond donors (Lipinski definition) is 1. The predicted octanol–water partition coefficient (Wildman–Crippen LogP) is 2.29. The minimum Gasteiger partial charge on any atom is -0.340 e. The van der Waals surface area contributed by atoms with Crippen LogP contribution in [0.4, 0.5) is 0 Å². The average molecular weight is 260 g/mol. The Labute approximate surface area is 115 Å². The van der Waals surface area contributed by atoms with E-state index < -0.39 is 0 Å². The molecule has 1 amide bonds. The number of nitrogens with two attached hydrogens (primary N) is 1. The van der Waals surface area contributed by atoms with Crippen LogP contribution in [0, 0.1) is 12.8 Å². The number of carbonyl (C=O) groups excluding carboxylic acids is 1. The number of benzene rings is 1. The maximum Gasteiger partial charge on any atom is 0.225 e. The van der Waals surface area contributed by atoms with E-state index in [2.05, 4.69) is 31.2 Å². The molecule has 1 saturated heterocycles. The van der Waals surface area contributed by atoms with Crippen LogP contribution in [0.5, 0.6) is 0 Å². The number of amides is 1. The third-order valence-corrected chi connectivity index (χ3v) is 3.84. The molecule has 2 rings (SSSR count). The summed E-state index contributed by atoms with van der Waals surface area (Å²) in [6.07, 6.45) is 0.963. The van der Waals surface area contributed by atoms with Gasteiger partial charge in [-0.2, -0.15) is 0 Å². The highest BCUT2D eigenvalue weighted by Gasteiger charge is 2.29. The molecule has 0 aromatic heterocycles. The highest BCUT2D eigenvalue weighted by atomic mass is 16.2. The van der Waals surface area contributed by atoms with Crippen molar-refractivity contribution >= 4 is 5.91 Å². The van der Waals surface area contributed by atoms with Crippen LogP contribution in [0.25, 0.3) is 0 Å². The molecule has 0 saturated carbocycles. The van der Waals surface area contributed by atoms with Gasteiger partial charge in [-0.3, -0.25) is 4.79 Å². The molecule has 19 heavy (non-hydrogen) atoms. The highest BCUT2D eigenvalue weighted by Crippen LogP contribution is 2.27. The van der Waals surface area contributed by atoms with Gasteiger partial charge in [0.15, 0.2) is 0 Å². The first kappa shape index (κ1) is 14.1. The molecule has 2 atom stereocenters. The van der Waals surface area contributed by atoms with E-state index in [1.165, 1.54) is 11.1 Å². The van der Waals surface area contributed by atoms with Gasteiger partial charge in [-0.15, -0.1) is 0 Å². The van der Waals surface area contributed by atoms with Gasteiger partial charge in [0.05, 0.1) is 0 Å². The van der Waals surface area contributed by atoms with Crippen molar-refractivity contribution in [2.24, 2.45) is 11.7 Å². The third kappa shape index (κ3) is 3.35. The number of piperidine rings is 1. The van der Waals surface area contributed by atoms with Crippen LogP contribution in [0.15, 0.2) is 24.3 Å². The Balaban J connectivity index is 2.13. The van der Waals surface area contributed by atoms with Crippen molar-refractivity contribution < 1.29 is 4.79 Å². The molecule has 1 fully saturated rings. The number of rotatable bonds is 2. The highest BCUT2D eigenvalue weighted by molar-refractivity contribution is 5.78. The molecule has 2 unspecified atom stereocenters. The lowest BCUT2D eigenvalue weighted by atomic mass is 9.87. The lowest BCUT2D eigenvalue weighted by Crippen LogP contribution is -2.49. The fourth-order valence-electron chi connectivity index (χ4n) is 2.76. The van der Waals surface area contributed by atoms with Gasteiger partial charge in [0.1, 0.15) is 0 Å². The van der Waals surface area contributed by atoms with Gasteiger partial charge >= 0.3 is 0 Å². The molecule has 0 aliphatic carbocycles. The van der Waals surface area contributed by atoms with Crippen molar-refractivity contribution in [3.63, 3.8) is 0 Å². The van der Waals surface area contributed by atoms with Crippen LogP contribution in [-0.2, 0) is 4.79 Å². The normalized spacial score (nSPS) is 23.7. The summed E-state index contributed by atoms with van der Waals surface area (Å²) in [5.41, 5.74) is 8.68. The quantitative estimate of drug-likeness (QED) is 0.887. The van der Waals surface area contributed by atoms with Gasteiger partial charge in [-0.1, -0.05) is 43.7 Å². The fraction of sp³-hybridized carbons (Fsp3) is 0.562. The van der Waals surface area contributed by atoms with Gasteiger partial charge in [-0.25, -0.2) is 0 Å². The van der Waals surface area contributed by atoms with Crippen molar-refractivity contribution in [1.82, 2.24) is 4.90 Å². The topological polar surface area (TPSA) is 46.3 Å². The smallest absolute Gasteiger partial charge is 0.225 e. The Kier molecular flexibility index (Phi) is 4.25.